The van der Waals surface area contributed by atoms with Crippen molar-refractivity contribution in [1.29, 1.82) is 0 Å². The maximum absolute atomic E-state index is 12.8. The second-order valence-electron chi connectivity index (χ2n) is 7.18. The molecule has 2 aromatic rings. The van der Waals surface area contributed by atoms with Gasteiger partial charge in [0.25, 0.3) is 0 Å². The van der Waals surface area contributed by atoms with Crippen LogP contribution in [0, 0.1) is 13.8 Å². The molecule has 1 aromatic heterocycles. The lowest BCUT2D eigenvalue weighted by atomic mass is 10.1. The zero-order chi connectivity index (χ0) is 17.4. The molecule has 1 saturated heterocycles. The zero-order valence-corrected chi connectivity index (χ0v) is 14.9. The Morgan fingerprint density at radius 2 is 2.04 bits per heavy atom. The summed E-state index contributed by atoms with van der Waals surface area (Å²) in [6.45, 7) is 5.44. The van der Waals surface area contributed by atoms with Crippen molar-refractivity contribution in [2.45, 2.75) is 51.7 Å². The van der Waals surface area contributed by atoms with Crippen LogP contribution in [-0.2, 0) is 16.0 Å². The highest BCUT2D eigenvalue weighted by Gasteiger charge is 2.38. The Hall–Kier alpha value is -2.14. The minimum Gasteiger partial charge on any atom is -0.374 e. The largest absolute Gasteiger partial charge is 0.374 e. The molecule has 1 aliphatic heterocycles. The summed E-state index contributed by atoms with van der Waals surface area (Å²) in [6, 6.07) is 10.5. The molecule has 0 spiro atoms. The lowest BCUT2D eigenvalue weighted by molar-refractivity contribution is -0.143. The summed E-state index contributed by atoms with van der Waals surface area (Å²) >= 11 is 0. The van der Waals surface area contributed by atoms with Gasteiger partial charge >= 0.3 is 0 Å². The van der Waals surface area contributed by atoms with Crippen LogP contribution in [0.15, 0.2) is 30.3 Å². The fraction of sp³-hybridized carbons (Fsp3) is 0.500. The van der Waals surface area contributed by atoms with E-state index in [0.29, 0.717) is 13.0 Å². The van der Waals surface area contributed by atoms with E-state index in [2.05, 4.69) is 16.1 Å². The van der Waals surface area contributed by atoms with Gasteiger partial charge in [-0.25, -0.2) is 4.68 Å². The fourth-order valence-corrected chi connectivity index (χ4v) is 4.16. The van der Waals surface area contributed by atoms with E-state index in [1.54, 1.807) is 0 Å². The van der Waals surface area contributed by atoms with Crippen LogP contribution >= 0.6 is 0 Å². The van der Waals surface area contributed by atoms with Gasteiger partial charge in [-0.15, -0.1) is 0 Å². The number of nitrogens with zero attached hydrogens (tertiary/aromatic N) is 3. The van der Waals surface area contributed by atoms with Crippen LogP contribution in [0.1, 0.15) is 36.2 Å². The van der Waals surface area contributed by atoms with Crippen LogP contribution in [0.25, 0.3) is 5.69 Å². The molecule has 0 N–H and O–H groups in total. The van der Waals surface area contributed by atoms with Gasteiger partial charge in [-0.3, -0.25) is 4.79 Å². The normalized spacial score (nSPS) is 22.9. The van der Waals surface area contributed by atoms with Crippen LogP contribution in [0.4, 0.5) is 0 Å². The third kappa shape index (κ3) is 3.21. The molecular formula is C20H25N3O2. The molecule has 2 heterocycles. The number of amides is 1. The van der Waals surface area contributed by atoms with Crippen molar-refractivity contribution in [3.8, 4) is 5.69 Å². The molecule has 1 saturated carbocycles. The number of morpholine rings is 1. The molecule has 4 rings (SSSR count). The Balaban J connectivity index is 1.46. The van der Waals surface area contributed by atoms with E-state index in [0.717, 1.165) is 48.4 Å². The first-order valence-corrected chi connectivity index (χ1v) is 9.15. The van der Waals surface area contributed by atoms with Crippen LogP contribution in [0.2, 0.25) is 0 Å². The Morgan fingerprint density at radius 3 is 2.76 bits per heavy atom. The molecule has 5 heteroatoms. The summed E-state index contributed by atoms with van der Waals surface area (Å²) in [5.41, 5.74) is 4.21. The molecule has 0 radical (unpaired) electrons. The van der Waals surface area contributed by atoms with Crippen molar-refractivity contribution in [2.75, 3.05) is 13.2 Å². The summed E-state index contributed by atoms with van der Waals surface area (Å²) in [7, 11) is 0. The molecule has 5 nitrogen and oxygen atoms in total. The second-order valence-corrected chi connectivity index (χ2v) is 7.18. The number of aryl methyl sites for hydroxylation is 2. The lowest BCUT2D eigenvalue weighted by Gasteiger charge is -2.37. The quantitative estimate of drug-likeness (QED) is 0.864. The number of rotatable bonds is 3. The van der Waals surface area contributed by atoms with E-state index < -0.39 is 0 Å². The highest BCUT2D eigenvalue weighted by molar-refractivity contribution is 5.79. The first-order chi connectivity index (χ1) is 12.1. The molecule has 0 bridgehead atoms. The van der Waals surface area contributed by atoms with Gasteiger partial charge in [0.05, 0.1) is 36.6 Å². The van der Waals surface area contributed by atoms with Gasteiger partial charge in [-0.2, -0.15) is 5.10 Å². The molecule has 2 atom stereocenters. The number of benzene rings is 1. The Morgan fingerprint density at radius 1 is 1.24 bits per heavy atom. The minimum atomic E-state index is 0.221. The predicted molar refractivity (Wildman–Crippen MR) is 95.8 cm³/mol. The van der Waals surface area contributed by atoms with Gasteiger partial charge < -0.3 is 9.64 Å². The summed E-state index contributed by atoms with van der Waals surface area (Å²) in [6.07, 6.45) is 4.04. The van der Waals surface area contributed by atoms with E-state index in [-0.39, 0.29) is 18.1 Å². The van der Waals surface area contributed by atoms with Crippen LogP contribution < -0.4 is 0 Å². The van der Waals surface area contributed by atoms with Crippen molar-refractivity contribution >= 4 is 5.91 Å². The van der Waals surface area contributed by atoms with Crippen molar-refractivity contribution < 1.29 is 9.53 Å². The number of carbonyl (C=O) groups excluding carboxylic acids is 1. The molecule has 132 valence electrons. The van der Waals surface area contributed by atoms with Gasteiger partial charge in [-0.05, 0) is 56.9 Å². The zero-order valence-electron chi connectivity index (χ0n) is 14.9. The van der Waals surface area contributed by atoms with Crippen LogP contribution in [-0.4, -0.2) is 45.9 Å². The lowest BCUT2D eigenvalue weighted by Crippen LogP contribution is -2.51. The number of hydrogen-bond acceptors (Lipinski definition) is 3. The maximum Gasteiger partial charge on any atom is 0.227 e. The number of ether oxygens (including phenoxy) is 1. The second kappa shape index (κ2) is 6.64. The van der Waals surface area contributed by atoms with Gasteiger partial charge in [0.2, 0.25) is 5.91 Å². The number of carbonyl (C=O) groups is 1. The third-order valence-corrected chi connectivity index (χ3v) is 5.35. The number of fused-ring (bicyclic) bond motifs is 1. The maximum atomic E-state index is 12.8. The Labute approximate surface area is 148 Å². The van der Waals surface area contributed by atoms with Gasteiger partial charge in [0.1, 0.15) is 0 Å². The average molecular weight is 339 g/mol. The van der Waals surface area contributed by atoms with E-state index >= 15 is 0 Å². The van der Waals surface area contributed by atoms with Crippen LogP contribution in [0.3, 0.4) is 0 Å². The molecule has 25 heavy (non-hydrogen) atoms. The summed E-state index contributed by atoms with van der Waals surface area (Å²) < 4.78 is 7.74. The summed E-state index contributed by atoms with van der Waals surface area (Å²) in [5.74, 6) is 0.221. The highest BCUT2D eigenvalue weighted by atomic mass is 16.5. The van der Waals surface area contributed by atoms with Crippen LogP contribution in [0.5, 0.6) is 0 Å². The first kappa shape index (κ1) is 16.3. The van der Waals surface area contributed by atoms with E-state index in [1.807, 2.05) is 42.8 Å². The van der Waals surface area contributed by atoms with E-state index in [1.165, 1.54) is 0 Å². The Bertz CT molecular complexity index is 766. The van der Waals surface area contributed by atoms with E-state index in [9.17, 15) is 4.79 Å². The molecule has 1 amide bonds. The minimum absolute atomic E-state index is 0.221. The third-order valence-electron chi connectivity index (χ3n) is 5.35. The van der Waals surface area contributed by atoms with Crippen molar-refractivity contribution in [3.63, 3.8) is 0 Å². The van der Waals surface area contributed by atoms with Crippen molar-refractivity contribution in [1.82, 2.24) is 14.7 Å². The molecule has 0 unspecified atom stereocenters. The number of hydrogen-bond donors (Lipinski definition) is 0. The standard InChI is InChI=1S/C20H25N3O2/c1-14-12-15(2)23(21-14)17-8-6-16(7-9-17)13-20(24)22-10-11-25-19-5-3-4-18(19)22/h6-9,12,18-19H,3-5,10-11,13H2,1-2H3/t18-,19+/m1/s1. The van der Waals surface area contributed by atoms with Gasteiger partial charge in [-0.1, -0.05) is 12.1 Å². The topological polar surface area (TPSA) is 47.4 Å². The molecule has 2 fully saturated rings. The van der Waals surface area contributed by atoms with Crippen molar-refractivity contribution in [3.05, 3.63) is 47.3 Å². The predicted octanol–water partition coefficient (Wildman–Crippen LogP) is 2.81. The number of aromatic nitrogens is 2. The van der Waals surface area contributed by atoms with Gasteiger partial charge in [0, 0.05) is 12.2 Å². The Kier molecular flexibility index (Phi) is 4.34. The van der Waals surface area contributed by atoms with E-state index in [4.69, 9.17) is 4.74 Å². The SMILES string of the molecule is Cc1cc(C)n(-c2ccc(CC(=O)N3CCO[C@H]4CCC[C@H]43)cc2)n1. The molecule has 2 aliphatic rings. The molecule has 1 aliphatic carbocycles. The summed E-state index contributed by atoms with van der Waals surface area (Å²) in [5, 5.41) is 4.51. The first-order valence-electron chi connectivity index (χ1n) is 9.15. The average Bonchev–Trinajstić information content (AvgIpc) is 3.21. The molecular weight excluding hydrogens is 314 g/mol. The fourth-order valence-electron chi connectivity index (χ4n) is 4.16. The highest BCUT2D eigenvalue weighted by Crippen LogP contribution is 2.30. The van der Waals surface area contributed by atoms with Gasteiger partial charge in [0.15, 0.2) is 0 Å². The van der Waals surface area contributed by atoms with Crippen molar-refractivity contribution in [2.24, 2.45) is 0 Å². The molecule has 1 aromatic carbocycles. The summed E-state index contributed by atoms with van der Waals surface area (Å²) in [4.78, 5) is 14.8. The smallest absolute Gasteiger partial charge is 0.227 e. The monoisotopic (exact) mass is 339 g/mol.